The smallest absolute Gasteiger partial charge is 0.117 e. The minimum Gasteiger partial charge on any atom is -0.468 e. The molecule has 1 N–H and O–H groups in total. The monoisotopic (exact) mass is 167 g/mol. The lowest BCUT2D eigenvalue weighted by molar-refractivity contribution is 0.467. The van der Waals surface area contributed by atoms with Crippen molar-refractivity contribution < 1.29 is 4.42 Å². The summed E-state index contributed by atoms with van der Waals surface area (Å²) in [6, 6.07) is 3.90. The summed E-state index contributed by atoms with van der Waals surface area (Å²) in [6.45, 7) is 6.38. The third-order valence-corrected chi connectivity index (χ3v) is 1.78. The molecule has 2 nitrogen and oxygen atoms in total. The van der Waals surface area contributed by atoms with E-state index in [1.54, 1.807) is 6.26 Å². The Morgan fingerprint density at radius 1 is 1.50 bits per heavy atom. The zero-order chi connectivity index (χ0) is 8.81. The van der Waals surface area contributed by atoms with Crippen molar-refractivity contribution in [1.29, 1.82) is 0 Å². The first-order valence-corrected chi connectivity index (χ1v) is 4.52. The Kier molecular flexibility index (Phi) is 3.88. The SMILES string of the molecule is CC(C)CCNCc1ccco1. The quantitative estimate of drug-likeness (QED) is 0.681. The van der Waals surface area contributed by atoms with Gasteiger partial charge in [-0.1, -0.05) is 13.8 Å². The molecule has 0 saturated carbocycles. The molecule has 0 saturated heterocycles. The van der Waals surface area contributed by atoms with Gasteiger partial charge in [0.15, 0.2) is 0 Å². The van der Waals surface area contributed by atoms with Gasteiger partial charge in [0.05, 0.1) is 12.8 Å². The van der Waals surface area contributed by atoms with Gasteiger partial charge in [0.1, 0.15) is 5.76 Å². The van der Waals surface area contributed by atoms with Gasteiger partial charge in [-0.05, 0) is 31.0 Å². The van der Waals surface area contributed by atoms with Crippen LogP contribution in [0.15, 0.2) is 22.8 Å². The van der Waals surface area contributed by atoms with E-state index in [9.17, 15) is 0 Å². The highest BCUT2D eigenvalue weighted by molar-refractivity contribution is 4.97. The van der Waals surface area contributed by atoms with E-state index < -0.39 is 0 Å². The second kappa shape index (κ2) is 4.99. The molecule has 1 rings (SSSR count). The minimum absolute atomic E-state index is 0.772. The zero-order valence-corrected chi connectivity index (χ0v) is 7.84. The molecule has 0 amide bonds. The van der Waals surface area contributed by atoms with Crippen LogP contribution in [-0.2, 0) is 6.54 Å². The summed E-state index contributed by atoms with van der Waals surface area (Å²) >= 11 is 0. The molecule has 68 valence electrons. The first-order valence-electron chi connectivity index (χ1n) is 4.52. The summed E-state index contributed by atoms with van der Waals surface area (Å²) < 4.78 is 5.18. The topological polar surface area (TPSA) is 25.2 Å². The molecule has 0 aromatic carbocycles. The Morgan fingerprint density at radius 2 is 2.33 bits per heavy atom. The lowest BCUT2D eigenvalue weighted by atomic mass is 10.1. The number of hydrogen-bond donors (Lipinski definition) is 1. The van der Waals surface area contributed by atoms with Crippen LogP contribution < -0.4 is 5.32 Å². The van der Waals surface area contributed by atoms with Crippen LogP contribution in [-0.4, -0.2) is 6.54 Å². The van der Waals surface area contributed by atoms with E-state index >= 15 is 0 Å². The van der Waals surface area contributed by atoms with Crippen molar-refractivity contribution in [2.45, 2.75) is 26.8 Å². The largest absolute Gasteiger partial charge is 0.468 e. The molecule has 0 aliphatic heterocycles. The van der Waals surface area contributed by atoms with Crippen molar-refractivity contribution in [2.24, 2.45) is 5.92 Å². The average Bonchev–Trinajstić information content (AvgIpc) is 2.49. The number of furan rings is 1. The van der Waals surface area contributed by atoms with Gasteiger partial charge in [-0.2, -0.15) is 0 Å². The standard InChI is InChI=1S/C10H17NO/c1-9(2)5-6-11-8-10-4-3-7-12-10/h3-4,7,9,11H,5-6,8H2,1-2H3. The van der Waals surface area contributed by atoms with Crippen molar-refractivity contribution in [2.75, 3.05) is 6.54 Å². The van der Waals surface area contributed by atoms with Crippen LogP contribution >= 0.6 is 0 Å². The number of rotatable bonds is 5. The van der Waals surface area contributed by atoms with E-state index in [0.717, 1.165) is 24.8 Å². The number of hydrogen-bond acceptors (Lipinski definition) is 2. The first-order chi connectivity index (χ1) is 5.79. The van der Waals surface area contributed by atoms with Gasteiger partial charge in [0, 0.05) is 0 Å². The van der Waals surface area contributed by atoms with E-state index in [4.69, 9.17) is 4.42 Å². The van der Waals surface area contributed by atoms with Crippen molar-refractivity contribution in [3.05, 3.63) is 24.2 Å². The van der Waals surface area contributed by atoms with Crippen molar-refractivity contribution in [1.82, 2.24) is 5.32 Å². The summed E-state index contributed by atoms with van der Waals surface area (Å²) in [5.74, 6) is 1.79. The third kappa shape index (κ3) is 3.58. The van der Waals surface area contributed by atoms with Crippen molar-refractivity contribution in [3.8, 4) is 0 Å². The minimum atomic E-state index is 0.772. The van der Waals surface area contributed by atoms with Crippen LogP contribution in [0.4, 0.5) is 0 Å². The van der Waals surface area contributed by atoms with Gasteiger partial charge >= 0.3 is 0 Å². The van der Waals surface area contributed by atoms with Crippen LogP contribution in [0.5, 0.6) is 0 Å². The summed E-state index contributed by atoms with van der Waals surface area (Å²) in [6.07, 6.45) is 2.93. The molecule has 2 heteroatoms. The zero-order valence-electron chi connectivity index (χ0n) is 7.84. The van der Waals surface area contributed by atoms with Gasteiger partial charge in [-0.15, -0.1) is 0 Å². The Morgan fingerprint density at radius 3 is 2.92 bits per heavy atom. The molecule has 1 aromatic heterocycles. The molecule has 0 unspecified atom stereocenters. The van der Waals surface area contributed by atoms with Gasteiger partial charge in [-0.3, -0.25) is 0 Å². The van der Waals surface area contributed by atoms with Crippen LogP contribution in [0.1, 0.15) is 26.0 Å². The van der Waals surface area contributed by atoms with E-state index in [1.807, 2.05) is 12.1 Å². The lowest BCUT2D eigenvalue weighted by Gasteiger charge is -2.04. The van der Waals surface area contributed by atoms with Crippen LogP contribution in [0, 0.1) is 5.92 Å². The van der Waals surface area contributed by atoms with Crippen molar-refractivity contribution in [3.63, 3.8) is 0 Å². The van der Waals surface area contributed by atoms with Crippen LogP contribution in [0.2, 0.25) is 0 Å². The van der Waals surface area contributed by atoms with Gasteiger partial charge in [0.2, 0.25) is 0 Å². The van der Waals surface area contributed by atoms with Gasteiger partial charge in [-0.25, -0.2) is 0 Å². The number of nitrogens with one attached hydrogen (secondary N) is 1. The van der Waals surface area contributed by atoms with E-state index in [-0.39, 0.29) is 0 Å². The maximum absolute atomic E-state index is 5.18. The maximum atomic E-state index is 5.18. The third-order valence-electron chi connectivity index (χ3n) is 1.78. The molecule has 0 radical (unpaired) electrons. The highest BCUT2D eigenvalue weighted by Gasteiger charge is 1.95. The van der Waals surface area contributed by atoms with Crippen molar-refractivity contribution >= 4 is 0 Å². The molecule has 0 aliphatic rings. The normalized spacial score (nSPS) is 10.9. The van der Waals surface area contributed by atoms with E-state index in [1.165, 1.54) is 6.42 Å². The fourth-order valence-corrected chi connectivity index (χ4v) is 1.02. The second-order valence-electron chi connectivity index (χ2n) is 3.44. The Labute approximate surface area is 74.0 Å². The van der Waals surface area contributed by atoms with Crippen LogP contribution in [0.25, 0.3) is 0 Å². The maximum Gasteiger partial charge on any atom is 0.117 e. The Hall–Kier alpha value is -0.760. The average molecular weight is 167 g/mol. The molecular formula is C10H17NO. The Bertz CT molecular complexity index is 192. The molecule has 0 atom stereocenters. The molecule has 1 aromatic rings. The molecule has 1 heterocycles. The van der Waals surface area contributed by atoms with Gasteiger partial charge < -0.3 is 9.73 Å². The predicted molar refractivity (Wildman–Crippen MR) is 49.9 cm³/mol. The Balaban J connectivity index is 2.04. The summed E-state index contributed by atoms with van der Waals surface area (Å²) in [5.41, 5.74) is 0. The summed E-state index contributed by atoms with van der Waals surface area (Å²) in [7, 11) is 0. The van der Waals surface area contributed by atoms with Gasteiger partial charge in [0.25, 0.3) is 0 Å². The first kappa shape index (κ1) is 9.33. The predicted octanol–water partition coefficient (Wildman–Crippen LogP) is 2.42. The van der Waals surface area contributed by atoms with E-state index in [0.29, 0.717) is 0 Å². The summed E-state index contributed by atoms with van der Waals surface area (Å²) in [5, 5.41) is 3.33. The molecule has 0 aliphatic carbocycles. The molecule has 0 fully saturated rings. The molecule has 0 spiro atoms. The molecule has 12 heavy (non-hydrogen) atoms. The highest BCUT2D eigenvalue weighted by atomic mass is 16.3. The van der Waals surface area contributed by atoms with E-state index in [2.05, 4.69) is 19.2 Å². The fraction of sp³-hybridized carbons (Fsp3) is 0.600. The molecule has 0 bridgehead atoms. The molecular weight excluding hydrogens is 150 g/mol. The highest BCUT2D eigenvalue weighted by Crippen LogP contribution is 2.00. The fourth-order valence-electron chi connectivity index (χ4n) is 1.02. The lowest BCUT2D eigenvalue weighted by Crippen LogP contribution is -2.15. The van der Waals surface area contributed by atoms with Crippen LogP contribution in [0.3, 0.4) is 0 Å². The summed E-state index contributed by atoms with van der Waals surface area (Å²) in [4.78, 5) is 0. The second-order valence-corrected chi connectivity index (χ2v) is 3.44.